The summed E-state index contributed by atoms with van der Waals surface area (Å²) in [5.74, 6) is -0.592. The van der Waals surface area contributed by atoms with Crippen LogP contribution in [-0.2, 0) is 24.7 Å². The predicted octanol–water partition coefficient (Wildman–Crippen LogP) is -0.586. The molecule has 2 fully saturated rings. The molecule has 2 unspecified atom stereocenters. The Balaban J connectivity index is 2.14. The highest BCUT2D eigenvalue weighted by molar-refractivity contribution is 7.95. The van der Waals surface area contributed by atoms with Gasteiger partial charge in [-0.15, -0.1) is 0 Å². The summed E-state index contributed by atoms with van der Waals surface area (Å²) in [6.07, 6.45) is 2.32. The molecule has 0 aliphatic carbocycles. The van der Waals surface area contributed by atoms with Crippen molar-refractivity contribution < 1.29 is 21.6 Å². The van der Waals surface area contributed by atoms with Crippen LogP contribution in [0.3, 0.4) is 0 Å². The molecule has 18 heavy (non-hydrogen) atoms. The number of carbonyl (C=O) groups is 1. The van der Waals surface area contributed by atoms with Crippen LogP contribution >= 0.6 is 0 Å². The second-order valence-electron chi connectivity index (χ2n) is 4.97. The van der Waals surface area contributed by atoms with Gasteiger partial charge in [0.2, 0.25) is 10.0 Å². The van der Waals surface area contributed by atoms with E-state index in [9.17, 15) is 21.6 Å². The topological polar surface area (TPSA) is 88.6 Å². The van der Waals surface area contributed by atoms with Gasteiger partial charge in [-0.05, 0) is 19.3 Å². The number of sulfonamides is 1. The molecule has 2 saturated heterocycles. The molecule has 0 aromatic rings. The van der Waals surface area contributed by atoms with Gasteiger partial charge in [0.05, 0.1) is 16.8 Å². The van der Waals surface area contributed by atoms with E-state index >= 15 is 0 Å². The third-order valence-corrected chi connectivity index (χ3v) is 7.86. The van der Waals surface area contributed by atoms with E-state index in [2.05, 4.69) is 0 Å². The first-order valence-electron chi connectivity index (χ1n) is 6.00. The highest BCUT2D eigenvalue weighted by Crippen LogP contribution is 2.25. The second kappa shape index (κ2) is 4.90. The van der Waals surface area contributed by atoms with E-state index in [1.54, 1.807) is 0 Å². The Morgan fingerprint density at radius 3 is 2.50 bits per heavy atom. The normalized spacial score (nSPS) is 33.3. The first-order valence-corrected chi connectivity index (χ1v) is 9.32. The van der Waals surface area contributed by atoms with Crippen LogP contribution in [-0.4, -0.2) is 57.3 Å². The summed E-state index contributed by atoms with van der Waals surface area (Å²) >= 11 is 0. The molecular weight excluding hydrogens is 278 g/mol. The van der Waals surface area contributed by atoms with Crippen molar-refractivity contribution in [2.75, 3.05) is 24.6 Å². The van der Waals surface area contributed by atoms with Gasteiger partial charge < -0.3 is 4.79 Å². The maximum Gasteiger partial charge on any atom is 0.218 e. The number of sulfone groups is 1. The second-order valence-corrected chi connectivity index (χ2v) is 9.41. The first kappa shape index (κ1) is 14.0. The highest BCUT2D eigenvalue weighted by Gasteiger charge is 2.41. The van der Waals surface area contributed by atoms with Crippen LogP contribution in [0.25, 0.3) is 0 Å². The number of hydrogen-bond donors (Lipinski definition) is 0. The SMILES string of the molecule is O=CC1CCCN(S(=O)(=O)C2CCS(=O)(=O)C2)C1. The van der Waals surface area contributed by atoms with Crippen molar-refractivity contribution in [3.63, 3.8) is 0 Å². The summed E-state index contributed by atoms with van der Waals surface area (Å²) in [6, 6.07) is 0. The zero-order valence-corrected chi connectivity index (χ0v) is 11.6. The number of nitrogens with zero attached hydrogens (tertiary/aromatic N) is 1. The molecule has 0 N–H and O–H groups in total. The molecule has 8 heteroatoms. The minimum atomic E-state index is -3.58. The summed E-state index contributed by atoms with van der Waals surface area (Å²) < 4.78 is 48.6. The molecule has 0 aromatic heterocycles. The smallest absolute Gasteiger partial charge is 0.218 e. The van der Waals surface area contributed by atoms with E-state index in [1.165, 1.54) is 4.31 Å². The average molecular weight is 295 g/mol. The van der Waals surface area contributed by atoms with Gasteiger partial charge in [0.15, 0.2) is 9.84 Å². The summed E-state index contributed by atoms with van der Waals surface area (Å²) in [7, 11) is -6.79. The van der Waals surface area contributed by atoms with E-state index in [0.717, 1.165) is 6.29 Å². The number of carbonyl (C=O) groups excluding carboxylic acids is 1. The Morgan fingerprint density at radius 2 is 1.94 bits per heavy atom. The standard InChI is InChI=1S/C10H17NO5S2/c12-7-9-2-1-4-11(6-9)18(15,16)10-3-5-17(13,14)8-10/h7,9-10H,1-6,8H2. The Hall–Kier alpha value is -0.470. The van der Waals surface area contributed by atoms with Gasteiger partial charge in [0.1, 0.15) is 6.29 Å². The molecule has 6 nitrogen and oxygen atoms in total. The van der Waals surface area contributed by atoms with Crippen molar-refractivity contribution in [1.82, 2.24) is 4.31 Å². The van der Waals surface area contributed by atoms with Crippen LogP contribution in [0, 0.1) is 5.92 Å². The maximum absolute atomic E-state index is 12.3. The number of aldehydes is 1. The molecule has 0 spiro atoms. The minimum Gasteiger partial charge on any atom is -0.303 e. The Morgan fingerprint density at radius 1 is 1.22 bits per heavy atom. The van der Waals surface area contributed by atoms with E-state index in [0.29, 0.717) is 19.4 Å². The quantitative estimate of drug-likeness (QED) is 0.650. The van der Waals surface area contributed by atoms with Gasteiger partial charge in [0, 0.05) is 19.0 Å². The fraction of sp³-hybridized carbons (Fsp3) is 0.900. The number of piperidine rings is 1. The molecule has 2 rings (SSSR count). The zero-order chi connectivity index (χ0) is 13.4. The molecule has 0 bridgehead atoms. The van der Waals surface area contributed by atoms with E-state index in [-0.39, 0.29) is 30.4 Å². The minimum absolute atomic E-state index is 0.0537. The lowest BCUT2D eigenvalue weighted by atomic mass is 10.0. The molecule has 0 radical (unpaired) electrons. The molecule has 0 aromatic carbocycles. The fourth-order valence-corrected chi connectivity index (χ4v) is 7.15. The number of rotatable bonds is 3. The lowest BCUT2D eigenvalue weighted by Gasteiger charge is -2.31. The van der Waals surface area contributed by atoms with Crippen molar-refractivity contribution in [3.8, 4) is 0 Å². The first-order chi connectivity index (χ1) is 8.35. The highest BCUT2D eigenvalue weighted by atomic mass is 32.2. The molecule has 0 saturated carbocycles. The predicted molar refractivity (Wildman–Crippen MR) is 66.3 cm³/mol. The van der Waals surface area contributed by atoms with Crippen LogP contribution in [0.1, 0.15) is 19.3 Å². The lowest BCUT2D eigenvalue weighted by Crippen LogP contribution is -2.45. The van der Waals surface area contributed by atoms with Crippen LogP contribution < -0.4 is 0 Å². The van der Waals surface area contributed by atoms with Crippen LogP contribution in [0.15, 0.2) is 0 Å². The Kier molecular flexibility index (Phi) is 3.80. The van der Waals surface area contributed by atoms with Gasteiger partial charge in [-0.3, -0.25) is 0 Å². The summed E-state index contributed by atoms with van der Waals surface area (Å²) in [5.41, 5.74) is 0. The van der Waals surface area contributed by atoms with Crippen LogP contribution in [0.5, 0.6) is 0 Å². The van der Waals surface area contributed by atoms with Crippen LogP contribution in [0.4, 0.5) is 0 Å². The third kappa shape index (κ3) is 2.75. The van der Waals surface area contributed by atoms with Gasteiger partial charge >= 0.3 is 0 Å². The van der Waals surface area contributed by atoms with E-state index in [4.69, 9.17) is 0 Å². The van der Waals surface area contributed by atoms with Crippen molar-refractivity contribution in [1.29, 1.82) is 0 Å². The van der Waals surface area contributed by atoms with Crippen molar-refractivity contribution in [3.05, 3.63) is 0 Å². The van der Waals surface area contributed by atoms with Crippen molar-refractivity contribution in [2.24, 2.45) is 5.92 Å². The maximum atomic E-state index is 12.3. The molecule has 2 heterocycles. The molecule has 104 valence electrons. The summed E-state index contributed by atoms with van der Waals surface area (Å²) in [6.45, 7) is 0.589. The third-order valence-electron chi connectivity index (χ3n) is 3.58. The average Bonchev–Trinajstić information content (AvgIpc) is 2.70. The monoisotopic (exact) mass is 295 g/mol. The fourth-order valence-electron chi connectivity index (χ4n) is 2.52. The Labute approximate surface area is 107 Å². The lowest BCUT2D eigenvalue weighted by molar-refractivity contribution is -0.112. The van der Waals surface area contributed by atoms with Gasteiger partial charge in [-0.1, -0.05) is 0 Å². The van der Waals surface area contributed by atoms with Gasteiger partial charge in [-0.25, -0.2) is 21.1 Å². The van der Waals surface area contributed by atoms with Crippen LogP contribution in [0.2, 0.25) is 0 Å². The van der Waals surface area contributed by atoms with E-state index in [1.807, 2.05) is 0 Å². The van der Waals surface area contributed by atoms with Gasteiger partial charge in [-0.2, -0.15) is 0 Å². The van der Waals surface area contributed by atoms with E-state index < -0.39 is 25.1 Å². The largest absolute Gasteiger partial charge is 0.303 e. The van der Waals surface area contributed by atoms with Gasteiger partial charge in [0.25, 0.3) is 0 Å². The Bertz CT molecular complexity index is 524. The molecule has 0 amide bonds. The summed E-state index contributed by atoms with van der Waals surface area (Å²) in [5, 5.41) is -0.826. The van der Waals surface area contributed by atoms with Crippen molar-refractivity contribution in [2.45, 2.75) is 24.5 Å². The summed E-state index contributed by atoms with van der Waals surface area (Å²) in [4.78, 5) is 10.7. The molecule has 2 aliphatic heterocycles. The molecular formula is C10H17NO5S2. The zero-order valence-electron chi connectivity index (χ0n) is 9.99. The molecule has 2 aliphatic rings. The molecule has 2 atom stereocenters. The number of hydrogen-bond acceptors (Lipinski definition) is 5. The van der Waals surface area contributed by atoms with Crippen molar-refractivity contribution >= 4 is 26.1 Å².